The largest absolute Gasteiger partial charge is 0.397 e. The number of guanidine groups is 1. The van der Waals surface area contributed by atoms with Gasteiger partial charge in [0.2, 0.25) is 11.9 Å². The average Bonchev–Trinajstić information content (AvgIpc) is 3.11. The quantitative estimate of drug-likeness (QED) is 0.709. The normalized spacial score (nSPS) is 23.5. The first kappa shape index (κ1) is 13.9. The summed E-state index contributed by atoms with van der Waals surface area (Å²) in [5.74, 6) is 1.05. The van der Waals surface area contributed by atoms with Crippen molar-refractivity contribution in [2.75, 3.05) is 32.1 Å². The van der Waals surface area contributed by atoms with Crippen LogP contribution in [0.1, 0.15) is 5.56 Å². The van der Waals surface area contributed by atoms with Crippen LogP contribution in [0.5, 0.6) is 0 Å². The lowest BCUT2D eigenvalue weighted by molar-refractivity contribution is -0.525. The highest BCUT2D eigenvalue weighted by Gasteiger charge is 2.54. The molecule has 1 unspecified atom stereocenters. The highest BCUT2D eigenvalue weighted by atomic mass is 16.2. The third-order valence-corrected chi connectivity index (χ3v) is 4.66. The van der Waals surface area contributed by atoms with Crippen LogP contribution in [0.25, 0.3) is 0 Å². The van der Waals surface area contributed by atoms with Gasteiger partial charge in [0, 0.05) is 14.1 Å². The van der Waals surface area contributed by atoms with Gasteiger partial charge in [0.25, 0.3) is 5.91 Å². The Morgan fingerprint density at radius 2 is 1.83 bits per heavy atom. The minimum absolute atomic E-state index is 0.215. The molecule has 0 saturated carbocycles. The molecule has 0 radical (unpaired) electrons. The molecule has 3 heterocycles. The molecule has 4 rings (SSSR count). The molecule has 1 aromatic carbocycles. The van der Waals surface area contributed by atoms with Crippen LogP contribution in [0.3, 0.4) is 0 Å². The lowest BCUT2D eigenvalue weighted by Gasteiger charge is -2.31. The van der Waals surface area contributed by atoms with Crippen LogP contribution in [0.4, 0.5) is 10.5 Å². The maximum Gasteiger partial charge on any atom is 0.397 e. The zero-order chi connectivity index (χ0) is 16.3. The van der Waals surface area contributed by atoms with Crippen LogP contribution < -0.4 is 4.90 Å². The third kappa shape index (κ3) is 1.82. The molecule has 7 heteroatoms. The Hall–Kier alpha value is -2.70. The number of rotatable bonds is 1. The van der Waals surface area contributed by atoms with E-state index < -0.39 is 6.04 Å². The van der Waals surface area contributed by atoms with E-state index in [9.17, 15) is 9.59 Å². The van der Waals surface area contributed by atoms with Gasteiger partial charge < -0.3 is 0 Å². The summed E-state index contributed by atoms with van der Waals surface area (Å²) in [5.41, 5.74) is 2.24. The maximum absolute atomic E-state index is 12.5. The van der Waals surface area contributed by atoms with Crippen molar-refractivity contribution in [3.8, 4) is 0 Å². The fourth-order valence-corrected chi connectivity index (χ4v) is 3.31. The van der Waals surface area contributed by atoms with Crippen molar-refractivity contribution in [3.63, 3.8) is 0 Å². The molecule has 1 fully saturated rings. The van der Waals surface area contributed by atoms with Gasteiger partial charge in [-0.25, -0.2) is 14.3 Å². The molecule has 3 amide bonds. The van der Waals surface area contributed by atoms with Crippen LogP contribution in [-0.4, -0.2) is 71.3 Å². The molecule has 118 valence electrons. The first-order valence-corrected chi connectivity index (χ1v) is 7.60. The number of aryl methyl sites for hydroxylation is 1. The standard InChI is InChI=1S/C16H18N5O2/c1-10-4-6-11(7-5-10)20-8-9-21-12-13(17-15(20)21)18(2)16(23)19(3)14(12)22/h4-7,12H,8-9H2,1-3H3/q+1. The fourth-order valence-electron chi connectivity index (χ4n) is 3.31. The van der Waals surface area contributed by atoms with Crippen molar-refractivity contribution in [2.24, 2.45) is 4.99 Å². The number of hydrogen-bond donors (Lipinski definition) is 0. The van der Waals surface area contributed by atoms with Crippen molar-refractivity contribution in [3.05, 3.63) is 29.8 Å². The smallest absolute Gasteiger partial charge is 0.270 e. The number of imide groups is 1. The number of aliphatic imine (C=N–C) groups is 1. The van der Waals surface area contributed by atoms with E-state index in [2.05, 4.69) is 34.2 Å². The van der Waals surface area contributed by atoms with Crippen molar-refractivity contribution < 1.29 is 14.2 Å². The number of nitrogens with zero attached hydrogens (tertiary/aromatic N) is 5. The molecule has 0 N–H and O–H groups in total. The molecule has 3 aliphatic heterocycles. The van der Waals surface area contributed by atoms with Gasteiger partial charge in [0.15, 0.2) is 0 Å². The van der Waals surface area contributed by atoms with E-state index in [1.807, 2.05) is 11.5 Å². The number of benzene rings is 1. The molecule has 1 aromatic rings. The Morgan fingerprint density at radius 3 is 2.52 bits per heavy atom. The predicted molar refractivity (Wildman–Crippen MR) is 85.8 cm³/mol. The molecule has 1 saturated heterocycles. The Morgan fingerprint density at radius 1 is 1.13 bits per heavy atom. The second kappa shape index (κ2) is 4.65. The van der Waals surface area contributed by atoms with Gasteiger partial charge in [-0.3, -0.25) is 14.6 Å². The van der Waals surface area contributed by atoms with Crippen molar-refractivity contribution in [1.29, 1.82) is 0 Å². The number of hydrogen-bond acceptors (Lipinski definition) is 4. The van der Waals surface area contributed by atoms with E-state index in [1.165, 1.54) is 22.4 Å². The number of likely N-dealkylation sites (N-methyl/N-ethyl adjacent to an activating group) is 2. The Bertz CT molecular complexity index is 780. The van der Waals surface area contributed by atoms with E-state index in [-0.39, 0.29) is 11.9 Å². The summed E-state index contributed by atoms with van der Waals surface area (Å²) in [6.07, 6.45) is 0. The van der Waals surface area contributed by atoms with Gasteiger partial charge in [-0.2, -0.15) is 0 Å². The summed E-state index contributed by atoms with van der Waals surface area (Å²) in [6, 6.07) is 7.39. The second-order valence-corrected chi connectivity index (χ2v) is 6.09. The number of amidine groups is 1. The first-order chi connectivity index (χ1) is 11.0. The molecular formula is C16H18N5O2+. The van der Waals surface area contributed by atoms with E-state index in [1.54, 1.807) is 7.05 Å². The summed E-state index contributed by atoms with van der Waals surface area (Å²) in [5, 5.41) is 0. The van der Waals surface area contributed by atoms with Gasteiger partial charge in [-0.15, -0.1) is 0 Å². The first-order valence-electron chi connectivity index (χ1n) is 7.60. The summed E-state index contributed by atoms with van der Waals surface area (Å²) < 4.78 is 1.98. The number of carbonyl (C=O) groups excluding carboxylic acids is 2. The summed E-state index contributed by atoms with van der Waals surface area (Å²) in [7, 11) is 3.18. The molecule has 3 aliphatic rings. The zero-order valence-corrected chi connectivity index (χ0v) is 13.4. The summed E-state index contributed by atoms with van der Waals surface area (Å²) in [6.45, 7) is 3.54. The van der Waals surface area contributed by atoms with E-state index in [4.69, 9.17) is 0 Å². The minimum Gasteiger partial charge on any atom is -0.270 e. The van der Waals surface area contributed by atoms with Gasteiger partial charge in [0.05, 0.1) is 6.54 Å². The average molecular weight is 312 g/mol. The zero-order valence-electron chi connectivity index (χ0n) is 13.4. The minimum atomic E-state index is -0.492. The number of anilines is 1. The van der Waals surface area contributed by atoms with Crippen LogP contribution >= 0.6 is 0 Å². The number of urea groups is 1. The van der Waals surface area contributed by atoms with Gasteiger partial charge >= 0.3 is 12.0 Å². The molecule has 0 spiro atoms. The van der Waals surface area contributed by atoms with Crippen molar-refractivity contribution >= 4 is 29.4 Å². The van der Waals surface area contributed by atoms with Crippen molar-refractivity contribution in [2.45, 2.75) is 13.0 Å². The Labute approximate surface area is 134 Å². The molecule has 0 aliphatic carbocycles. The summed E-state index contributed by atoms with van der Waals surface area (Å²) in [4.78, 5) is 33.9. The monoisotopic (exact) mass is 312 g/mol. The maximum atomic E-state index is 12.5. The molecule has 1 atom stereocenters. The van der Waals surface area contributed by atoms with E-state index >= 15 is 0 Å². The number of amides is 3. The fraction of sp³-hybridized carbons (Fsp3) is 0.375. The molecular weight excluding hydrogens is 294 g/mol. The van der Waals surface area contributed by atoms with Crippen LogP contribution in [0, 0.1) is 6.92 Å². The van der Waals surface area contributed by atoms with Gasteiger partial charge in [-0.1, -0.05) is 22.7 Å². The molecule has 0 aromatic heterocycles. The van der Waals surface area contributed by atoms with E-state index in [0.717, 1.165) is 18.2 Å². The summed E-state index contributed by atoms with van der Waals surface area (Å²) >= 11 is 0. The number of carbonyl (C=O) groups is 2. The van der Waals surface area contributed by atoms with Crippen molar-refractivity contribution in [1.82, 2.24) is 9.80 Å². The van der Waals surface area contributed by atoms with E-state index in [0.29, 0.717) is 12.4 Å². The van der Waals surface area contributed by atoms with Gasteiger partial charge in [0.1, 0.15) is 12.2 Å². The lowest BCUT2D eigenvalue weighted by atomic mass is 10.1. The molecule has 23 heavy (non-hydrogen) atoms. The highest BCUT2D eigenvalue weighted by Crippen LogP contribution is 2.26. The van der Waals surface area contributed by atoms with Crippen LogP contribution in [0.15, 0.2) is 29.3 Å². The molecule has 7 nitrogen and oxygen atoms in total. The lowest BCUT2D eigenvalue weighted by Crippen LogP contribution is -2.61. The number of fused-ring (bicyclic) bond motifs is 2. The van der Waals surface area contributed by atoms with Gasteiger partial charge in [-0.05, 0) is 19.1 Å². The molecule has 0 bridgehead atoms. The predicted octanol–water partition coefficient (Wildman–Crippen LogP) is 0.488. The SMILES string of the molecule is Cc1ccc(N2CC[N+]3=C2N=C2C3C(=O)N(C)C(=O)N2C)cc1. The highest BCUT2D eigenvalue weighted by molar-refractivity contribution is 6.24. The second-order valence-electron chi connectivity index (χ2n) is 6.09. The Balaban J connectivity index is 1.76. The van der Waals surface area contributed by atoms with Crippen LogP contribution in [-0.2, 0) is 4.79 Å². The Kier molecular flexibility index (Phi) is 2.81. The third-order valence-electron chi connectivity index (χ3n) is 4.66. The topological polar surface area (TPSA) is 59.2 Å². The van der Waals surface area contributed by atoms with Crippen LogP contribution in [0.2, 0.25) is 0 Å².